The van der Waals surface area contributed by atoms with Crippen LogP contribution in [-0.2, 0) is 0 Å². The molecular weight excluding hydrogens is 278 g/mol. The van der Waals surface area contributed by atoms with Crippen LogP contribution in [0, 0.1) is 27.7 Å². The van der Waals surface area contributed by atoms with Gasteiger partial charge in [0.15, 0.2) is 0 Å². The minimum atomic E-state index is 1.18. The van der Waals surface area contributed by atoms with E-state index in [0.717, 1.165) is 0 Å². The summed E-state index contributed by atoms with van der Waals surface area (Å²) in [6.45, 7) is 8.62. The summed E-state index contributed by atoms with van der Waals surface area (Å²) in [7, 11) is 0. The number of rotatable bonds is 3. The fourth-order valence-electron chi connectivity index (χ4n) is 3.18. The monoisotopic (exact) mass is 301 g/mol. The van der Waals surface area contributed by atoms with Crippen molar-refractivity contribution in [3.8, 4) is 0 Å². The number of para-hydroxylation sites is 1. The summed E-state index contributed by atoms with van der Waals surface area (Å²) in [5.41, 5.74) is 8.73. The summed E-state index contributed by atoms with van der Waals surface area (Å²) >= 11 is 0. The highest BCUT2D eigenvalue weighted by molar-refractivity contribution is 5.77. The third kappa shape index (κ3) is 3.45. The highest BCUT2D eigenvalue weighted by Crippen LogP contribution is 2.36. The Hall–Kier alpha value is -2.54. The summed E-state index contributed by atoms with van der Waals surface area (Å²) < 4.78 is 0. The predicted molar refractivity (Wildman–Crippen MR) is 100 cm³/mol. The number of benzene rings is 3. The highest BCUT2D eigenvalue weighted by atomic mass is 15.1. The molecule has 0 saturated heterocycles. The summed E-state index contributed by atoms with van der Waals surface area (Å²) in [5, 5.41) is 0. The smallest absolute Gasteiger partial charge is 0.0466 e. The van der Waals surface area contributed by atoms with E-state index in [0.29, 0.717) is 0 Å². The van der Waals surface area contributed by atoms with Gasteiger partial charge in [0.05, 0.1) is 0 Å². The molecule has 0 bridgehead atoms. The van der Waals surface area contributed by atoms with Gasteiger partial charge in [0.25, 0.3) is 0 Å². The van der Waals surface area contributed by atoms with Crippen molar-refractivity contribution < 1.29 is 0 Å². The maximum absolute atomic E-state index is 2.33. The number of nitrogens with zero attached hydrogens (tertiary/aromatic N) is 1. The Balaban J connectivity index is 2.22. The SMILES string of the molecule is Cc1cc(C)cc(N(c2ccccc2)c2cc(C)cc(C)c2)c1. The Morgan fingerprint density at radius 2 is 0.870 bits per heavy atom. The molecule has 0 N–H and O–H groups in total. The van der Waals surface area contributed by atoms with Crippen LogP contribution in [0.5, 0.6) is 0 Å². The van der Waals surface area contributed by atoms with E-state index >= 15 is 0 Å². The maximum Gasteiger partial charge on any atom is 0.0466 e. The molecular formula is C22H23N. The van der Waals surface area contributed by atoms with E-state index in [9.17, 15) is 0 Å². The molecule has 23 heavy (non-hydrogen) atoms. The average Bonchev–Trinajstić information content (AvgIpc) is 2.46. The van der Waals surface area contributed by atoms with Gasteiger partial charge in [-0.3, -0.25) is 0 Å². The molecule has 0 atom stereocenters. The Morgan fingerprint density at radius 1 is 0.478 bits per heavy atom. The molecule has 0 radical (unpaired) electrons. The summed E-state index contributed by atoms with van der Waals surface area (Å²) in [6.07, 6.45) is 0. The first-order valence-electron chi connectivity index (χ1n) is 8.05. The van der Waals surface area contributed by atoms with Crippen molar-refractivity contribution in [1.82, 2.24) is 0 Å². The van der Waals surface area contributed by atoms with Gasteiger partial charge in [0, 0.05) is 17.1 Å². The number of anilines is 3. The second-order valence-electron chi connectivity index (χ2n) is 6.36. The van der Waals surface area contributed by atoms with Crippen LogP contribution in [0.25, 0.3) is 0 Å². The molecule has 116 valence electrons. The van der Waals surface area contributed by atoms with Crippen LogP contribution in [0.2, 0.25) is 0 Å². The molecule has 3 aromatic rings. The van der Waals surface area contributed by atoms with Crippen molar-refractivity contribution in [2.24, 2.45) is 0 Å². The van der Waals surface area contributed by atoms with E-state index in [1.54, 1.807) is 0 Å². The van der Waals surface area contributed by atoms with Crippen LogP contribution < -0.4 is 4.90 Å². The van der Waals surface area contributed by atoms with E-state index < -0.39 is 0 Å². The second-order valence-corrected chi connectivity index (χ2v) is 6.36. The fraction of sp³-hybridized carbons (Fsp3) is 0.182. The Labute approximate surface area is 139 Å². The second kappa shape index (κ2) is 6.29. The quantitative estimate of drug-likeness (QED) is 0.541. The van der Waals surface area contributed by atoms with Crippen LogP contribution in [0.1, 0.15) is 22.3 Å². The summed E-state index contributed by atoms with van der Waals surface area (Å²) in [4.78, 5) is 2.33. The van der Waals surface area contributed by atoms with Crippen LogP contribution in [0.3, 0.4) is 0 Å². The molecule has 0 aliphatic carbocycles. The standard InChI is InChI=1S/C22H23N/c1-16-10-17(2)13-21(12-16)23(20-8-6-5-7-9-20)22-14-18(3)11-19(4)15-22/h5-15H,1-4H3. The molecule has 1 heteroatoms. The predicted octanol–water partition coefficient (Wildman–Crippen LogP) is 6.39. The lowest BCUT2D eigenvalue weighted by atomic mass is 10.1. The van der Waals surface area contributed by atoms with Gasteiger partial charge in [-0.1, -0.05) is 30.3 Å². The first-order valence-corrected chi connectivity index (χ1v) is 8.05. The Kier molecular flexibility index (Phi) is 4.20. The molecule has 0 aliphatic heterocycles. The lowest BCUT2D eigenvalue weighted by Crippen LogP contribution is -2.10. The molecule has 0 aliphatic rings. The third-order valence-corrected chi connectivity index (χ3v) is 3.94. The van der Waals surface area contributed by atoms with Gasteiger partial charge in [-0.15, -0.1) is 0 Å². The van der Waals surface area contributed by atoms with Crippen molar-refractivity contribution in [3.05, 3.63) is 89.0 Å². The lowest BCUT2D eigenvalue weighted by molar-refractivity contribution is 1.23. The van der Waals surface area contributed by atoms with E-state index in [-0.39, 0.29) is 0 Å². The molecule has 3 rings (SSSR count). The molecule has 0 saturated carbocycles. The van der Waals surface area contributed by atoms with Gasteiger partial charge in [0.2, 0.25) is 0 Å². The van der Waals surface area contributed by atoms with Crippen LogP contribution in [0.15, 0.2) is 66.7 Å². The molecule has 3 aromatic carbocycles. The lowest BCUT2D eigenvalue weighted by Gasteiger charge is -2.27. The molecule has 0 spiro atoms. The molecule has 0 aromatic heterocycles. The van der Waals surface area contributed by atoms with Gasteiger partial charge >= 0.3 is 0 Å². The summed E-state index contributed by atoms with van der Waals surface area (Å²) in [5.74, 6) is 0. The topological polar surface area (TPSA) is 3.24 Å². The third-order valence-electron chi connectivity index (χ3n) is 3.94. The number of hydrogen-bond donors (Lipinski definition) is 0. The Morgan fingerprint density at radius 3 is 1.26 bits per heavy atom. The number of aryl methyl sites for hydroxylation is 4. The first kappa shape index (κ1) is 15.4. The number of hydrogen-bond acceptors (Lipinski definition) is 1. The minimum absolute atomic E-state index is 1.18. The zero-order valence-corrected chi connectivity index (χ0v) is 14.3. The van der Waals surface area contributed by atoms with E-state index in [1.165, 1.54) is 39.3 Å². The van der Waals surface area contributed by atoms with Gasteiger partial charge in [0.1, 0.15) is 0 Å². The van der Waals surface area contributed by atoms with Gasteiger partial charge in [-0.25, -0.2) is 0 Å². The first-order chi connectivity index (χ1) is 11.0. The van der Waals surface area contributed by atoms with Crippen molar-refractivity contribution in [1.29, 1.82) is 0 Å². The summed E-state index contributed by atoms with van der Waals surface area (Å²) in [6, 6.07) is 24.0. The minimum Gasteiger partial charge on any atom is -0.310 e. The average molecular weight is 301 g/mol. The normalized spacial score (nSPS) is 10.6. The maximum atomic E-state index is 2.33. The molecule has 1 nitrogen and oxygen atoms in total. The van der Waals surface area contributed by atoms with Crippen molar-refractivity contribution in [3.63, 3.8) is 0 Å². The Bertz CT molecular complexity index is 727. The van der Waals surface area contributed by atoms with Crippen molar-refractivity contribution >= 4 is 17.1 Å². The fourth-order valence-corrected chi connectivity index (χ4v) is 3.18. The van der Waals surface area contributed by atoms with Crippen LogP contribution >= 0.6 is 0 Å². The van der Waals surface area contributed by atoms with Gasteiger partial charge in [-0.05, 0) is 86.3 Å². The van der Waals surface area contributed by atoms with E-state index in [2.05, 4.69) is 99.3 Å². The van der Waals surface area contributed by atoms with Gasteiger partial charge in [-0.2, -0.15) is 0 Å². The largest absolute Gasteiger partial charge is 0.310 e. The molecule has 0 unspecified atom stereocenters. The van der Waals surface area contributed by atoms with E-state index in [4.69, 9.17) is 0 Å². The zero-order chi connectivity index (χ0) is 16.4. The molecule has 0 amide bonds. The zero-order valence-electron chi connectivity index (χ0n) is 14.3. The van der Waals surface area contributed by atoms with Crippen molar-refractivity contribution in [2.75, 3.05) is 4.90 Å². The molecule has 0 fully saturated rings. The van der Waals surface area contributed by atoms with Gasteiger partial charge < -0.3 is 4.90 Å². The highest BCUT2D eigenvalue weighted by Gasteiger charge is 2.13. The van der Waals surface area contributed by atoms with Crippen LogP contribution in [-0.4, -0.2) is 0 Å². The van der Waals surface area contributed by atoms with E-state index in [1.807, 2.05) is 0 Å². The van der Waals surface area contributed by atoms with Crippen molar-refractivity contribution in [2.45, 2.75) is 27.7 Å². The van der Waals surface area contributed by atoms with Crippen LogP contribution in [0.4, 0.5) is 17.1 Å². The molecule has 0 heterocycles.